The van der Waals surface area contributed by atoms with E-state index < -0.39 is 23.0 Å². The Morgan fingerprint density at radius 3 is 2.03 bits per heavy atom. The van der Waals surface area contributed by atoms with E-state index in [1.54, 1.807) is 48.5 Å². The maximum Gasteiger partial charge on any atom is 0.338 e. The molecule has 0 aliphatic carbocycles. The molecule has 158 valence electrons. The van der Waals surface area contributed by atoms with Crippen molar-refractivity contribution in [2.45, 2.75) is 6.10 Å². The van der Waals surface area contributed by atoms with E-state index >= 15 is 0 Å². The molecule has 0 amide bonds. The Bertz CT molecular complexity index is 1050. The summed E-state index contributed by atoms with van der Waals surface area (Å²) >= 11 is 0. The highest BCUT2D eigenvalue weighted by atomic mass is 16.6. The van der Waals surface area contributed by atoms with E-state index in [0.717, 1.165) is 0 Å². The summed E-state index contributed by atoms with van der Waals surface area (Å²) in [5.74, 6) is -0.657. The number of carbonyl (C=O) groups excluding carboxylic acids is 2. The molecule has 3 aromatic rings. The molecule has 8 heteroatoms. The first-order valence-corrected chi connectivity index (χ1v) is 9.29. The van der Waals surface area contributed by atoms with Crippen molar-refractivity contribution in [3.63, 3.8) is 0 Å². The molecule has 8 nitrogen and oxygen atoms in total. The zero-order chi connectivity index (χ0) is 22.2. The molecule has 0 fully saturated rings. The van der Waals surface area contributed by atoms with Crippen LogP contribution in [0.15, 0.2) is 78.9 Å². The number of nitrogens with zero attached hydrogens (tertiary/aromatic N) is 1. The van der Waals surface area contributed by atoms with Gasteiger partial charge in [-0.15, -0.1) is 0 Å². The molecule has 0 saturated heterocycles. The Labute approximate surface area is 178 Å². The SMILES string of the molecule is COc1ccc(C(=O)OCC(OC(=O)c2ccc([N+](=O)[O-])cc2)c2ccccc2)cc1. The molecule has 0 heterocycles. The third kappa shape index (κ3) is 5.66. The minimum atomic E-state index is -0.855. The lowest BCUT2D eigenvalue weighted by Crippen LogP contribution is -2.19. The maximum absolute atomic E-state index is 12.5. The van der Waals surface area contributed by atoms with Crippen LogP contribution in [0.2, 0.25) is 0 Å². The monoisotopic (exact) mass is 421 g/mol. The Morgan fingerprint density at radius 1 is 0.871 bits per heavy atom. The highest BCUT2D eigenvalue weighted by Gasteiger charge is 2.21. The standard InChI is InChI=1S/C23H19NO7/c1-29-20-13-9-17(10-14-20)22(25)30-15-21(16-5-3-2-4-6-16)31-23(26)18-7-11-19(12-8-18)24(27)28/h2-14,21H,15H2,1H3. The van der Waals surface area contributed by atoms with Crippen molar-refractivity contribution in [2.24, 2.45) is 0 Å². The van der Waals surface area contributed by atoms with E-state index in [1.165, 1.54) is 31.4 Å². The lowest BCUT2D eigenvalue weighted by Gasteiger charge is -2.18. The number of ether oxygens (including phenoxy) is 3. The van der Waals surface area contributed by atoms with Crippen molar-refractivity contribution < 1.29 is 28.7 Å². The molecule has 0 saturated carbocycles. The normalized spacial score (nSPS) is 11.3. The second-order valence-corrected chi connectivity index (χ2v) is 6.44. The van der Waals surface area contributed by atoms with E-state index in [2.05, 4.69) is 0 Å². The van der Waals surface area contributed by atoms with E-state index in [0.29, 0.717) is 16.9 Å². The van der Waals surface area contributed by atoms with Gasteiger partial charge in [-0.1, -0.05) is 30.3 Å². The topological polar surface area (TPSA) is 105 Å². The third-order valence-corrected chi connectivity index (χ3v) is 4.43. The highest BCUT2D eigenvalue weighted by molar-refractivity contribution is 5.90. The zero-order valence-corrected chi connectivity index (χ0v) is 16.6. The molecule has 0 aromatic heterocycles. The summed E-state index contributed by atoms with van der Waals surface area (Å²) in [6.07, 6.45) is -0.855. The third-order valence-electron chi connectivity index (χ3n) is 4.43. The Morgan fingerprint density at radius 2 is 1.45 bits per heavy atom. The number of hydrogen-bond acceptors (Lipinski definition) is 7. The average molecular weight is 421 g/mol. The van der Waals surface area contributed by atoms with Gasteiger partial charge in [0.2, 0.25) is 0 Å². The summed E-state index contributed by atoms with van der Waals surface area (Å²) in [6, 6.07) is 20.3. The van der Waals surface area contributed by atoms with E-state index in [9.17, 15) is 19.7 Å². The second kappa shape index (κ2) is 10.0. The van der Waals surface area contributed by atoms with Crippen LogP contribution in [0.5, 0.6) is 5.75 Å². The van der Waals surface area contributed by atoms with E-state index in [4.69, 9.17) is 14.2 Å². The van der Waals surface area contributed by atoms with E-state index in [1.807, 2.05) is 6.07 Å². The zero-order valence-electron chi connectivity index (χ0n) is 16.6. The molecule has 1 unspecified atom stereocenters. The molecule has 0 bridgehead atoms. The molecule has 0 aliphatic rings. The van der Waals surface area contributed by atoms with Crippen LogP contribution >= 0.6 is 0 Å². The fraction of sp³-hybridized carbons (Fsp3) is 0.130. The molecule has 0 N–H and O–H groups in total. The molecule has 3 aromatic carbocycles. The van der Waals surface area contributed by atoms with E-state index in [-0.39, 0.29) is 17.9 Å². The second-order valence-electron chi connectivity index (χ2n) is 6.44. The van der Waals surface area contributed by atoms with Gasteiger partial charge in [0.25, 0.3) is 5.69 Å². The first-order valence-electron chi connectivity index (χ1n) is 9.29. The molecule has 31 heavy (non-hydrogen) atoms. The first-order chi connectivity index (χ1) is 15.0. The molecular formula is C23H19NO7. The fourth-order valence-electron chi connectivity index (χ4n) is 2.74. The number of nitro groups is 1. The van der Waals surface area contributed by atoms with Gasteiger partial charge in [-0.3, -0.25) is 10.1 Å². The van der Waals surface area contributed by atoms with Gasteiger partial charge in [-0.2, -0.15) is 0 Å². The van der Waals surface area contributed by atoms with Gasteiger partial charge in [0.1, 0.15) is 12.4 Å². The highest BCUT2D eigenvalue weighted by Crippen LogP contribution is 2.22. The maximum atomic E-state index is 12.5. The minimum Gasteiger partial charge on any atom is -0.497 e. The van der Waals surface area contributed by atoms with Crippen molar-refractivity contribution in [3.8, 4) is 5.75 Å². The van der Waals surface area contributed by atoms with Gasteiger partial charge >= 0.3 is 11.9 Å². The Hall–Kier alpha value is -4.20. The van der Waals surface area contributed by atoms with Gasteiger partial charge in [0, 0.05) is 12.1 Å². The summed E-state index contributed by atoms with van der Waals surface area (Å²) in [7, 11) is 1.52. The van der Waals surface area contributed by atoms with Crippen LogP contribution in [0, 0.1) is 10.1 Å². The van der Waals surface area contributed by atoms with Gasteiger partial charge < -0.3 is 14.2 Å². The quantitative estimate of drug-likeness (QED) is 0.302. The number of benzene rings is 3. The molecule has 0 aliphatic heterocycles. The number of methoxy groups -OCH3 is 1. The fourth-order valence-corrected chi connectivity index (χ4v) is 2.74. The number of rotatable bonds is 8. The van der Waals surface area contributed by atoms with Gasteiger partial charge in [-0.05, 0) is 42.0 Å². The Kier molecular flexibility index (Phi) is 6.95. The van der Waals surface area contributed by atoms with Crippen LogP contribution in [-0.4, -0.2) is 30.6 Å². The molecule has 0 radical (unpaired) electrons. The summed E-state index contributed by atoms with van der Waals surface area (Å²) < 4.78 is 16.0. The molecule has 0 spiro atoms. The van der Waals surface area contributed by atoms with Crippen molar-refractivity contribution >= 4 is 17.6 Å². The largest absolute Gasteiger partial charge is 0.497 e. The smallest absolute Gasteiger partial charge is 0.338 e. The number of non-ortho nitro benzene ring substituents is 1. The summed E-state index contributed by atoms with van der Waals surface area (Å²) in [5, 5.41) is 10.8. The average Bonchev–Trinajstić information content (AvgIpc) is 2.82. The minimum absolute atomic E-state index is 0.135. The van der Waals surface area contributed by atoms with Crippen molar-refractivity contribution in [3.05, 3.63) is 106 Å². The number of carbonyl (C=O) groups is 2. The van der Waals surface area contributed by atoms with Crippen LogP contribution < -0.4 is 4.74 Å². The summed E-state index contributed by atoms with van der Waals surface area (Å²) in [6.45, 7) is -0.201. The van der Waals surface area contributed by atoms with Crippen molar-refractivity contribution in [1.82, 2.24) is 0 Å². The van der Waals surface area contributed by atoms with Gasteiger partial charge in [0.15, 0.2) is 6.10 Å². The van der Waals surface area contributed by atoms with Crippen LogP contribution in [0.25, 0.3) is 0 Å². The molecule has 1 atom stereocenters. The predicted molar refractivity (Wildman–Crippen MR) is 111 cm³/mol. The number of esters is 2. The summed E-state index contributed by atoms with van der Waals surface area (Å²) in [5.41, 5.74) is 0.979. The Balaban J connectivity index is 1.71. The predicted octanol–water partition coefficient (Wildman–Crippen LogP) is 4.36. The van der Waals surface area contributed by atoms with Crippen LogP contribution in [-0.2, 0) is 9.47 Å². The molecular weight excluding hydrogens is 402 g/mol. The lowest BCUT2D eigenvalue weighted by molar-refractivity contribution is -0.384. The summed E-state index contributed by atoms with van der Waals surface area (Å²) in [4.78, 5) is 35.1. The van der Waals surface area contributed by atoms with Crippen LogP contribution in [0.3, 0.4) is 0 Å². The van der Waals surface area contributed by atoms with Crippen LogP contribution in [0.1, 0.15) is 32.4 Å². The molecule has 3 rings (SSSR count). The lowest BCUT2D eigenvalue weighted by atomic mass is 10.1. The van der Waals surface area contributed by atoms with Crippen molar-refractivity contribution in [2.75, 3.05) is 13.7 Å². The van der Waals surface area contributed by atoms with Crippen molar-refractivity contribution in [1.29, 1.82) is 0 Å². The number of nitro benzene ring substituents is 1. The number of hydrogen-bond donors (Lipinski definition) is 0. The van der Waals surface area contributed by atoms with Gasteiger partial charge in [-0.25, -0.2) is 9.59 Å². The van der Waals surface area contributed by atoms with Crippen LogP contribution in [0.4, 0.5) is 5.69 Å². The first kappa shape index (κ1) is 21.5. The van der Waals surface area contributed by atoms with Gasteiger partial charge in [0.05, 0.1) is 23.2 Å².